The molecular weight excluding hydrogens is 300 g/mol. The highest BCUT2D eigenvalue weighted by Gasteiger charge is 2.24. The van der Waals surface area contributed by atoms with E-state index in [0.29, 0.717) is 12.6 Å². The van der Waals surface area contributed by atoms with E-state index in [2.05, 4.69) is 41.6 Å². The molecule has 2 N–H and O–H groups in total. The highest BCUT2D eigenvalue weighted by molar-refractivity contribution is 5.80. The van der Waals surface area contributed by atoms with Crippen LogP contribution in [0.5, 0.6) is 0 Å². The number of nitrogens with one attached hydrogen (secondary N) is 2. The first-order valence-electron chi connectivity index (χ1n) is 9.39. The summed E-state index contributed by atoms with van der Waals surface area (Å²) in [5, 5.41) is 15.4. The molecule has 6 nitrogen and oxygen atoms in total. The molecule has 24 heavy (non-hydrogen) atoms. The SMILES string of the molecule is CCCCNC(=NCc1nnc(C)n1C)NC1CC(C)CC(C)C1. The van der Waals surface area contributed by atoms with E-state index < -0.39 is 0 Å². The normalized spacial score (nSPS) is 24.9. The van der Waals surface area contributed by atoms with E-state index in [4.69, 9.17) is 4.99 Å². The van der Waals surface area contributed by atoms with Gasteiger partial charge in [-0.3, -0.25) is 0 Å². The van der Waals surface area contributed by atoms with Gasteiger partial charge in [-0.15, -0.1) is 10.2 Å². The number of aromatic nitrogens is 3. The number of hydrogen-bond acceptors (Lipinski definition) is 3. The second-order valence-electron chi connectivity index (χ2n) is 7.43. The van der Waals surface area contributed by atoms with Crippen LogP contribution in [0.3, 0.4) is 0 Å². The lowest BCUT2D eigenvalue weighted by atomic mass is 9.80. The van der Waals surface area contributed by atoms with Crippen LogP contribution in [0.15, 0.2) is 4.99 Å². The summed E-state index contributed by atoms with van der Waals surface area (Å²) in [5.74, 6) is 4.29. The van der Waals surface area contributed by atoms with E-state index >= 15 is 0 Å². The van der Waals surface area contributed by atoms with Crippen LogP contribution < -0.4 is 10.6 Å². The van der Waals surface area contributed by atoms with Gasteiger partial charge in [0.2, 0.25) is 0 Å². The van der Waals surface area contributed by atoms with Crippen molar-refractivity contribution in [2.75, 3.05) is 6.54 Å². The first kappa shape index (κ1) is 18.7. The summed E-state index contributed by atoms with van der Waals surface area (Å²) in [6, 6.07) is 0.512. The quantitative estimate of drug-likeness (QED) is 0.477. The highest BCUT2D eigenvalue weighted by Crippen LogP contribution is 2.28. The Kier molecular flexibility index (Phi) is 7.06. The third-order valence-electron chi connectivity index (χ3n) is 4.90. The molecule has 2 unspecified atom stereocenters. The molecular formula is C18H34N6. The van der Waals surface area contributed by atoms with Gasteiger partial charge in [0.25, 0.3) is 0 Å². The fourth-order valence-electron chi connectivity index (χ4n) is 3.53. The topological polar surface area (TPSA) is 67.1 Å². The maximum atomic E-state index is 4.76. The van der Waals surface area contributed by atoms with Crippen molar-refractivity contribution < 1.29 is 0 Å². The molecule has 0 saturated heterocycles. The van der Waals surface area contributed by atoms with Gasteiger partial charge in [-0.05, 0) is 44.4 Å². The Morgan fingerprint density at radius 1 is 1.21 bits per heavy atom. The molecule has 1 heterocycles. The van der Waals surface area contributed by atoms with Gasteiger partial charge in [0.05, 0.1) is 0 Å². The summed E-state index contributed by atoms with van der Waals surface area (Å²) in [6.07, 6.45) is 6.12. The van der Waals surface area contributed by atoms with Crippen LogP contribution in [0.25, 0.3) is 0 Å². The molecule has 0 aliphatic heterocycles. The number of aliphatic imine (C=N–C) groups is 1. The van der Waals surface area contributed by atoms with E-state index in [-0.39, 0.29) is 0 Å². The van der Waals surface area contributed by atoms with E-state index in [1.807, 2.05) is 18.5 Å². The lowest BCUT2D eigenvalue weighted by Crippen LogP contribution is -2.46. The van der Waals surface area contributed by atoms with E-state index in [9.17, 15) is 0 Å². The van der Waals surface area contributed by atoms with Gasteiger partial charge in [-0.1, -0.05) is 27.2 Å². The Balaban J connectivity index is 2.00. The molecule has 1 aromatic heterocycles. The number of guanidine groups is 1. The number of unbranched alkanes of at least 4 members (excludes halogenated alkanes) is 1. The molecule has 1 saturated carbocycles. The van der Waals surface area contributed by atoms with Crippen molar-refractivity contribution in [2.45, 2.75) is 72.4 Å². The van der Waals surface area contributed by atoms with Gasteiger partial charge in [0.15, 0.2) is 11.8 Å². The average molecular weight is 335 g/mol. The molecule has 1 aliphatic rings. The molecule has 0 aromatic carbocycles. The molecule has 0 amide bonds. The van der Waals surface area contributed by atoms with Crippen LogP contribution in [-0.4, -0.2) is 33.3 Å². The van der Waals surface area contributed by atoms with Gasteiger partial charge in [-0.2, -0.15) is 0 Å². The van der Waals surface area contributed by atoms with Gasteiger partial charge in [0.1, 0.15) is 12.4 Å². The maximum absolute atomic E-state index is 4.76. The van der Waals surface area contributed by atoms with Crippen LogP contribution in [-0.2, 0) is 13.6 Å². The minimum absolute atomic E-state index is 0.512. The number of rotatable bonds is 6. The molecule has 1 fully saturated rings. The van der Waals surface area contributed by atoms with Crippen molar-refractivity contribution in [1.82, 2.24) is 25.4 Å². The summed E-state index contributed by atoms with van der Waals surface area (Å²) >= 11 is 0. The molecule has 2 atom stereocenters. The zero-order chi connectivity index (χ0) is 17.5. The standard InChI is InChI=1S/C18H34N6/c1-6-7-8-19-18(20-12-17-23-22-15(4)24(17)5)21-16-10-13(2)9-14(3)11-16/h13-14,16H,6-12H2,1-5H3,(H2,19,20,21). The van der Waals surface area contributed by atoms with Crippen LogP contribution in [0, 0.1) is 18.8 Å². The monoisotopic (exact) mass is 334 g/mol. The number of nitrogens with zero attached hydrogens (tertiary/aromatic N) is 4. The Morgan fingerprint density at radius 3 is 2.50 bits per heavy atom. The van der Waals surface area contributed by atoms with E-state index in [1.54, 1.807) is 0 Å². The molecule has 2 rings (SSSR count). The summed E-state index contributed by atoms with van der Waals surface area (Å²) < 4.78 is 2.00. The Bertz CT molecular complexity index is 526. The average Bonchev–Trinajstić information content (AvgIpc) is 2.83. The second kappa shape index (κ2) is 9.04. The molecule has 1 aliphatic carbocycles. The zero-order valence-corrected chi connectivity index (χ0v) is 16.0. The molecule has 0 spiro atoms. The van der Waals surface area contributed by atoms with Gasteiger partial charge in [-0.25, -0.2) is 4.99 Å². The maximum Gasteiger partial charge on any atom is 0.191 e. The van der Waals surface area contributed by atoms with Crippen molar-refractivity contribution in [3.05, 3.63) is 11.6 Å². The minimum atomic E-state index is 0.512. The van der Waals surface area contributed by atoms with Crippen LogP contribution in [0.4, 0.5) is 0 Å². The Morgan fingerprint density at radius 2 is 1.92 bits per heavy atom. The van der Waals surface area contributed by atoms with E-state index in [0.717, 1.165) is 42.4 Å². The van der Waals surface area contributed by atoms with Crippen molar-refractivity contribution >= 4 is 5.96 Å². The van der Waals surface area contributed by atoms with Crippen molar-refractivity contribution in [3.63, 3.8) is 0 Å². The summed E-state index contributed by atoms with van der Waals surface area (Å²) in [7, 11) is 1.99. The van der Waals surface area contributed by atoms with Crippen molar-refractivity contribution in [1.29, 1.82) is 0 Å². The molecule has 0 radical (unpaired) electrons. The largest absolute Gasteiger partial charge is 0.356 e. The third-order valence-corrected chi connectivity index (χ3v) is 4.90. The molecule has 136 valence electrons. The molecule has 0 bridgehead atoms. The predicted molar refractivity (Wildman–Crippen MR) is 98.9 cm³/mol. The minimum Gasteiger partial charge on any atom is -0.356 e. The first-order chi connectivity index (χ1) is 11.5. The fraction of sp³-hybridized carbons (Fsp3) is 0.833. The number of aryl methyl sites for hydroxylation is 1. The summed E-state index contributed by atoms with van der Waals surface area (Å²) in [5.41, 5.74) is 0. The van der Waals surface area contributed by atoms with Crippen molar-refractivity contribution in [2.24, 2.45) is 23.9 Å². The predicted octanol–water partition coefficient (Wildman–Crippen LogP) is 2.78. The summed E-state index contributed by atoms with van der Waals surface area (Å²) in [6.45, 7) is 10.4. The summed E-state index contributed by atoms with van der Waals surface area (Å²) in [4.78, 5) is 4.76. The third kappa shape index (κ3) is 5.49. The van der Waals surface area contributed by atoms with Crippen LogP contribution in [0.2, 0.25) is 0 Å². The smallest absolute Gasteiger partial charge is 0.191 e. The van der Waals surface area contributed by atoms with Gasteiger partial charge in [0, 0.05) is 19.6 Å². The lowest BCUT2D eigenvalue weighted by molar-refractivity contribution is 0.255. The van der Waals surface area contributed by atoms with Gasteiger partial charge < -0.3 is 15.2 Å². The van der Waals surface area contributed by atoms with Gasteiger partial charge >= 0.3 is 0 Å². The van der Waals surface area contributed by atoms with Crippen LogP contribution >= 0.6 is 0 Å². The highest BCUT2D eigenvalue weighted by atomic mass is 15.3. The van der Waals surface area contributed by atoms with E-state index in [1.165, 1.54) is 25.7 Å². The zero-order valence-electron chi connectivity index (χ0n) is 16.0. The Hall–Kier alpha value is -1.59. The second-order valence-corrected chi connectivity index (χ2v) is 7.43. The molecule has 1 aromatic rings. The molecule has 6 heteroatoms. The fourth-order valence-corrected chi connectivity index (χ4v) is 3.53. The lowest BCUT2D eigenvalue weighted by Gasteiger charge is -2.33. The van der Waals surface area contributed by atoms with Crippen LogP contribution in [0.1, 0.15) is 64.5 Å². The van der Waals surface area contributed by atoms with Crippen molar-refractivity contribution in [3.8, 4) is 0 Å². The Labute approximate surface area is 146 Å². The number of hydrogen-bond donors (Lipinski definition) is 2. The first-order valence-corrected chi connectivity index (χ1v) is 9.39.